The molecule has 0 fully saturated rings. The topological polar surface area (TPSA) is 108 Å². The van der Waals surface area contributed by atoms with Gasteiger partial charge in [-0.1, -0.05) is 197 Å². The second-order valence-electron chi connectivity index (χ2n) is 17.8. The molecule has 0 saturated carbocycles. The Bertz CT molecular complexity index is 1100. The molecular formula is C50H95N2O6P. The van der Waals surface area contributed by atoms with E-state index in [1.54, 1.807) is 6.08 Å². The molecule has 346 valence electrons. The summed E-state index contributed by atoms with van der Waals surface area (Å²) in [5, 5.41) is 13.8. The number of carbonyl (C=O) groups excluding carboxylic acids is 1. The van der Waals surface area contributed by atoms with Gasteiger partial charge in [0.1, 0.15) is 13.2 Å². The number of hydrogen-bond donors (Lipinski definition) is 2. The Morgan fingerprint density at radius 3 is 1.51 bits per heavy atom. The lowest BCUT2D eigenvalue weighted by molar-refractivity contribution is -0.870. The fourth-order valence-electron chi connectivity index (χ4n) is 6.86. The highest BCUT2D eigenvalue weighted by atomic mass is 31.2. The molecule has 0 radical (unpaired) electrons. The molecular weight excluding hydrogens is 756 g/mol. The molecule has 0 heterocycles. The number of amides is 1. The third kappa shape index (κ3) is 44.3. The third-order valence-corrected chi connectivity index (χ3v) is 11.8. The molecule has 1 amide bonds. The van der Waals surface area contributed by atoms with Crippen LogP contribution in [0, 0.1) is 0 Å². The van der Waals surface area contributed by atoms with Crippen molar-refractivity contribution in [2.45, 2.75) is 225 Å². The van der Waals surface area contributed by atoms with E-state index in [2.05, 4.69) is 55.6 Å². The third-order valence-electron chi connectivity index (χ3n) is 10.8. The van der Waals surface area contributed by atoms with Gasteiger partial charge in [0.05, 0.1) is 39.9 Å². The van der Waals surface area contributed by atoms with E-state index in [4.69, 9.17) is 9.05 Å². The first-order valence-corrected chi connectivity index (χ1v) is 26.0. The quantitative estimate of drug-likeness (QED) is 0.0208. The summed E-state index contributed by atoms with van der Waals surface area (Å²) in [6, 6.07) is -0.905. The van der Waals surface area contributed by atoms with Gasteiger partial charge in [-0.2, -0.15) is 0 Å². The summed E-state index contributed by atoms with van der Waals surface area (Å²) >= 11 is 0. The number of allylic oxidation sites excluding steroid dienone is 7. The average Bonchev–Trinajstić information content (AvgIpc) is 3.19. The summed E-state index contributed by atoms with van der Waals surface area (Å²) in [6.07, 6.45) is 53.0. The number of hydrogen-bond acceptors (Lipinski definition) is 6. The van der Waals surface area contributed by atoms with Crippen LogP contribution < -0.4 is 10.2 Å². The Morgan fingerprint density at radius 1 is 0.593 bits per heavy atom. The van der Waals surface area contributed by atoms with Crippen molar-refractivity contribution in [3.63, 3.8) is 0 Å². The molecule has 3 atom stereocenters. The molecule has 0 aliphatic heterocycles. The number of aliphatic hydroxyl groups is 1. The van der Waals surface area contributed by atoms with Gasteiger partial charge in [0, 0.05) is 6.42 Å². The zero-order valence-corrected chi connectivity index (χ0v) is 40.1. The molecule has 2 N–H and O–H groups in total. The van der Waals surface area contributed by atoms with Gasteiger partial charge in [0.15, 0.2) is 0 Å². The fourth-order valence-corrected chi connectivity index (χ4v) is 7.59. The second kappa shape index (κ2) is 41.8. The van der Waals surface area contributed by atoms with Crippen LogP contribution in [0.5, 0.6) is 0 Å². The van der Waals surface area contributed by atoms with Crippen molar-refractivity contribution in [3.05, 3.63) is 48.6 Å². The Balaban J connectivity index is 4.40. The number of aliphatic hydroxyl groups excluding tert-OH is 1. The van der Waals surface area contributed by atoms with Crippen LogP contribution in [-0.2, 0) is 18.4 Å². The van der Waals surface area contributed by atoms with Gasteiger partial charge in [0.2, 0.25) is 5.91 Å². The predicted octanol–water partition coefficient (Wildman–Crippen LogP) is 13.4. The normalized spacial score (nSPS) is 14.6. The lowest BCUT2D eigenvalue weighted by Gasteiger charge is -2.29. The Kier molecular flexibility index (Phi) is 40.7. The van der Waals surface area contributed by atoms with Crippen LogP contribution in [0.25, 0.3) is 0 Å². The molecule has 0 aromatic heterocycles. The van der Waals surface area contributed by atoms with E-state index in [-0.39, 0.29) is 12.5 Å². The van der Waals surface area contributed by atoms with Crippen molar-refractivity contribution in [1.29, 1.82) is 0 Å². The molecule has 0 bridgehead atoms. The molecule has 0 aromatic rings. The largest absolute Gasteiger partial charge is 0.756 e. The average molecular weight is 851 g/mol. The van der Waals surface area contributed by atoms with Crippen molar-refractivity contribution in [2.75, 3.05) is 40.9 Å². The maximum absolute atomic E-state index is 12.9. The number of nitrogens with one attached hydrogen (secondary N) is 1. The second-order valence-corrected chi connectivity index (χ2v) is 19.2. The van der Waals surface area contributed by atoms with Gasteiger partial charge in [-0.15, -0.1) is 0 Å². The zero-order valence-electron chi connectivity index (χ0n) is 39.2. The highest BCUT2D eigenvalue weighted by Crippen LogP contribution is 2.38. The highest BCUT2D eigenvalue weighted by Gasteiger charge is 2.23. The maximum atomic E-state index is 12.9. The smallest absolute Gasteiger partial charge is 0.268 e. The number of carbonyl (C=O) groups is 1. The minimum absolute atomic E-state index is 0.00796. The molecule has 3 unspecified atom stereocenters. The van der Waals surface area contributed by atoms with Crippen molar-refractivity contribution in [3.8, 4) is 0 Å². The summed E-state index contributed by atoms with van der Waals surface area (Å²) in [6.45, 7) is 4.60. The Hall–Kier alpha value is -1.54. The number of phosphoric acid groups is 1. The van der Waals surface area contributed by atoms with Gasteiger partial charge in [-0.25, -0.2) is 0 Å². The van der Waals surface area contributed by atoms with E-state index in [1.807, 2.05) is 27.2 Å². The van der Waals surface area contributed by atoms with E-state index in [0.29, 0.717) is 17.4 Å². The van der Waals surface area contributed by atoms with Gasteiger partial charge in [-0.05, 0) is 57.8 Å². The van der Waals surface area contributed by atoms with Crippen LogP contribution in [0.4, 0.5) is 0 Å². The summed E-state index contributed by atoms with van der Waals surface area (Å²) in [5.41, 5.74) is 0. The summed E-state index contributed by atoms with van der Waals surface area (Å²) in [5.74, 6) is -0.212. The number of nitrogens with zero attached hydrogens (tertiary/aromatic N) is 1. The zero-order chi connectivity index (χ0) is 43.6. The molecule has 0 aliphatic carbocycles. The predicted molar refractivity (Wildman–Crippen MR) is 251 cm³/mol. The molecule has 0 aromatic carbocycles. The first-order chi connectivity index (χ1) is 28.5. The Morgan fingerprint density at radius 2 is 1.00 bits per heavy atom. The highest BCUT2D eigenvalue weighted by molar-refractivity contribution is 7.45. The molecule has 0 aliphatic rings. The van der Waals surface area contributed by atoms with Gasteiger partial charge >= 0.3 is 0 Å². The number of rotatable bonds is 44. The van der Waals surface area contributed by atoms with Crippen molar-refractivity contribution in [2.24, 2.45) is 0 Å². The lowest BCUT2D eigenvalue weighted by Crippen LogP contribution is -2.45. The van der Waals surface area contributed by atoms with E-state index in [0.717, 1.165) is 38.5 Å². The number of unbranched alkanes of at least 4 members (excludes halogenated alkanes) is 26. The number of quaternary nitrogens is 1. The van der Waals surface area contributed by atoms with Gasteiger partial charge in [-0.3, -0.25) is 9.36 Å². The summed E-state index contributed by atoms with van der Waals surface area (Å²) < 4.78 is 23.2. The first kappa shape index (κ1) is 57.5. The van der Waals surface area contributed by atoms with Crippen LogP contribution in [0.1, 0.15) is 213 Å². The Labute approximate surface area is 365 Å². The molecule has 0 rings (SSSR count). The minimum Gasteiger partial charge on any atom is -0.756 e. The van der Waals surface area contributed by atoms with E-state index in [9.17, 15) is 19.4 Å². The van der Waals surface area contributed by atoms with Crippen molar-refractivity contribution >= 4 is 13.7 Å². The molecule has 59 heavy (non-hydrogen) atoms. The SMILES string of the molecule is CCCCC/C=C\C=C/CCCCCCCCCCCCC(=O)NC(COP(=O)([O-])OCC[N+](C)(C)C)C(O)/C=C/CC/C=C/CCCCCCCCCCCCCC. The minimum atomic E-state index is -4.60. The van der Waals surface area contributed by atoms with Gasteiger partial charge in [0.25, 0.3) is 7.82 Å². The lowest BCUT2D eigenvalue weighted by atomic mass is 10.0. The summed E-state index contributed by atoms with van der Waals surface area (Å²) in [4.78, 5) is 25.4. The maximum Gasteiger partial charge on any atom is 0.268 e. The summed E-state index contributed by atoms with van der Waals surface area (Å²) in [7, 11) is 1.24. The molecule has 9 heteroatoms. The van der Waals surface area contributed by atoms with Crippen LogP contribution in [0.15, 0.2) is 48.6 Å². The van der Waals surface area contributed by atoms with Crippen LogP contribution in [0.3, 0.4) is 0 Å². The first-order valence-electron chi connectivity index (χ1n) is 24.5. The standard InChI is InChI=1S/C50H95N2O6P/c1-6-8-10-12-14-16-18-20-22-24-26-28-30-32-34-36-38-40-42-44-50(54)51-48(47-58-59(55,56)57-46-45-52(3,4)5)49(53)43-41-39-37-35-33-31-29-27-25-23-21-19-17-15-13-11-9-7-2/h14,16,18,20,33,35,41,43,48-49,53H,6-13,15,17,19,21-32,34,36-40,42,44-47H2,1-5H3,(H-,51,54,55,56)/b16-14-,20-18-,35-33+,43-41+. The van der Waals surface area contributed by atoms with Crippen LogP contribution >= 0.6 is 7.82 Å². The van der Waals surface area contributed by atoms with E-state index in [1.165, 1.54) is 154 Å². The monoisotopic (exact) mass is 851 g/mol. The van der Waals surface area contributed by atoms with Crippen LogP contribution in [-0.4, -0.2) is 68.5 Å². The fraction of sp³-hybridized carbons (Fsp3) is 0.820. The number of phosphoric ester groups is 1. The van der Waals surface area contributed by atoms with Gasteiger partial charge < -0.3 is 28.8 Å². The molecule has 0 saturated heterocycles. The van der Waals surface area contributed by atoms with E-state index < -0.39 is 26.6 Å². The van der Waals surface area contributed by atoms with Crippen molar-refractivity contribution in [1.82, 2.24) is 5.32 Å². The van der Waals surface area contributed by atoms with Crippen molar-refractivity contribution < 1.29 is 32.9 Å². The number of likely N-dealkylation sites (N-methyl/N-ethyl adjacent to an activating group) is 1. The molecule has 8 nitrogen and oxygen atoms in total. The molecule has 0 spiro atoms. The van der Waals surface area contributed by atoms with Crippen LogP contribution in [0.2, 0.25) is 0 Å². The van der Waals surface area contributed by atoms with E-state index >= 15 is 0 Å².